The summed E-state index contributed by atoms with van der Waals surface area (Å²) in [6, 6.07) is 17.0. The molecule has 1 unspecified atom stereocenters. The van der Waals surface area contributed by atoms with Gasteiger partial charge in [0.1, 0.15) is 5.69 Å². The zero-order valence-electron chi connectivity index (χ0n) is 16.0. The minimum absolute atomic E-state index is 0.401. The van der Waals surface area contributed by atoms with Crippen LogP contribution in [0.5, 0.6) is 0 Å². The van der Waals surface area contributed by atoms with Gasteiger partial charge in [-0.2, -0.15) is 5.26 Å². The molecule has 1 aromatic heterocycles. The third kappa shape index (κ3) is 3.79. The molecule has 1 atom stereocenters. The number of fused-ring (bicyclic) bond motifs is 1. The molecule has 0 bridgehead atoms. The molecule has 28 heavy (non-hydrogen) atoms. The van der Waals surface area contributed by atoms with Crippen molar-refractivity contribution in [3.05, 3.63) is 54.1 Å². The first-order chi connectivity index (χ1) is 13.7. The van der Waals surface area contributed by atoms with Gasteiger partial charge in [0.2, 0.25) is 0 Å². The fraction of sp³-hybridized carbons (Fsp3) is 0.273. The number of hydrogen-bond acceptors (Lipinski definition) is 5. The van der Waals surface area contributed by atoms with E-state index in [2.05, 4.69) is 6.07 Å². The maximum atomic E-state index is 11.3. The Morgan fingerprint density at radius 1 is 1.14 bits per heavy atom. The number of carbonyl (C=O) groups is 1. The number of anilines is 1. The first-order valence-corrected chi connectivity index (χ1v) is 9.41. The predicted octanol–water partition coefficient (Wildman–Crippen LogP) is 4.11. The highest BCUT2D eigenvalue weighted by Crippen LogP contribution is 2.33. The number of nitrogens with zero attached hydrogens (tertiary/aromatic N) is 4. The van der Waals surface area contributed by atoms with Crippen LogP contribution in [0, 0.1) is 17.2 Å². The van der Waals surface area contributed by atoms with Gasteiger partial charge in [-0.15, -0.1) is 0 Å². The highest BCUT2D eigenvalue weighted by Gasteiger charge is 2.30. The van der Waals surface area contributed by atoms with E-state index in [4.69, 9.17) is 9.97 Å². The van der Waals surface area contributed by atoms with Crippen LogP contribution < -0.4 is 4.90 Å². The van der Waals surface area contributed by atoms with Crippen molar-refractivity contribution in [1.29, 1.82) is 5.26 Å². The average molecular weight is 374 g/mol. The van der Waals surface area contributed by atoms with Gasteiger partial charge in [0.15, 0.2) is 5.82 Å². The van der Waals surface area contributed by atoms with Gasteiger partial charge in [0.05, 0.1) is 28.6 Å². The highest BCUT2D eigenvalue weighted by atomic mass is 16.4. The van der Waals surface area contributed by atoms with Crippen LogP contribution in [0.15, 0.2) is 48.5 Å². The lowest BCUT2D eigenvalue weighted by Gasteiger charge is -2.20. The van der Waals surface area contributed by atoms with Crippen molar-refractivity contribution < 1.29 is 9.90 Å². The number of carboxylic acids is 1. The summed E-state index contributed by atoms with van der Waals surface area (Å²) < 4.78 is 0. The summed E-state index contributed by atoms with van der Waals surface area (Å²) in [5.41, 5.74) is 3.56. The fourth-order valence-electron chi connectivity index (χ4n) is 3.30. The van der Waals surface area contributed by atoms with E-state index in [1.54, 1.807) is 12.1 Å². The number of nitriles is 1. The van der Waals surface area contributed by atoms with Crippen molar-refractivity contribution in [3.63, 3.8) is 0 Å². The van der Waals surface area contributed by atoms with Crippen molar-refractivity contribution in [2.24, 2.45) is 5.92 Å². The molecule has 1 saturated heterocycles. The molecular weight excluding hydrogens is 352 g/mol. The summed E-state index contributed by atoms with van der Waals surface area (Å²) in [5.74, 6) is -0.515. The maximum absolute atomic E-state index is 11.3. The van der Waals surface area contributed by atoms with Gasteiger partial charge >= 0.3 is 5.97 Å². The highest BCUT2D eigenvalue weighted by molar-refractivity contribution is 5.84. The summed E-state index contributed by atoms with van der Waals surface area (Å²) in [6.45, 7) is 5.03. The van der Waals surface area contributed by atoms with Crippen LogP contribution in [-0.2, 0) is 4.79 Å². The van der Waals surface area contributed by atoms with Crippen LogP contribution in [0.2, 0.25) is 0 Å². The van der Waals surface area contributed by atoms with Gasteiger partial charge in [0.25, 0.3) is 0 Å². The lowest BCUT2D eigenvalue weighted by Crippen LogP contribution is -2.24. The molecule has 0 radical (unpaired) electrons. The van der Waals surface area contributed by atoms with Crippen molar-refractivity contribution in [1.82, 2.24) is 9.97 Å². The van der Waals surface area contributed by atoms with E-state index < -0.39 is 11.9 Å². The molecular formula is C22H22N4O2. The first-order valence-electron chi connectivity index (χ1n) is 9.41. The molecule has 2 aromatic carbocycles. The quantitative estimate of drug-likeness (QED) is 0.742. The van der Waals surface area contributed by atoms with Gasteiger partial charge in [0, 0.05) is 18.7 Å². The van der Waals surface area contributed by atoms with E-state index in [0.717, 1.165) is 16.6 Å². The molecule has 3 aromatic rings. The largest absolute Gasteiger partial charge is 0.481 e. The van der Waals surface area contributed by atoms with Crippen molar-refractivity contribution in [3.8, 4) is 17.3 Å². The number of rotatable bonds is 3. The molecule has 1 N–H and O–H groups in total. The summed E-state index contributed by atoms with van der Waals surface area (Å²) in [4.78, 5) is 22.9. The van der Waals surface area contributed by atoms with E-state index in [9.17, 15) is 15.2 Å². The monoisotopic (exact) mass is 374 g/mol. The summed E-state index contributed by atoms with van der Waals surface area (Å²) in [6.07, 6.45) is 0.585. The van der Waals surface area contributed by atoms with E-state index in [1.165, 1.54) is 0 Å². The second kappa shape index (κ2) is 8.49. The Balaban J connectivity index is 0.00000109. The minimum atomic E-state index is -0.783. The predicted molar refractivity (Wildman–Crippen MR) is 109 cm³/mol. The lowest BCUT2D eigenvalue weighted by atomic mass is 10.1. The van der Waals surface area contributed by atoms with Gasteiger partial charge in [-0.05, 0) is 30.7 Å². The fourth-order valence-corrected chi connectivity index (χ4v) is 3.30. The smallest absolute Gasteiger partial charge is 0.308 e. The summed E-state index contributed by atoms with van der Waals surface area (Å²) in [5, 5.41) is 18.5. The summed E-state index contributed by atoms with van der Waals surface area (Å²) >= 11 is 0. The van der Waals surface area contributed by atoms with E-state index in [-0.39, 0.29) is 0 Å². The number of hydrogen-bond donors (Lipinski definition) is 1. The first kappa shape index (κ1) is 19.3. The second-order valence-corrected chi connectivity index (χ2v) is 6.35. The number of para-hydroxylation sites is 2. The van der Waals surface area contributed by atoms with E-state index in [0.29, 0.717) is 36.6 Å². The van der Waals surface area contributed by atoms with Crippen molar-refractivity contribution in [2.75, 3.05) is 18.0 Å². The van der Waals surface area contributed by atoms with Crippen molar-refractivity contribution >= 4 is 22.8 Å². The van der Waals surface area contributed by atoms with Gasteiger partial charge in [-0.25, -0.2) is 9.97 Å². The molecule has 0 spiro atoms. The number of aromatic nitrogens is 2. The molecule has 1 aliphatic heterocycles. The number of carboxylic acid groups (broad SMARTS) is 1. The van der Waals surface area contributed by atoms with E-state index >= 15 is 0 Å². The molecule has 1 fully saturated rings. The van der Waals surface area contributed by atoms with Crippen LogP contribution in [-0.4, -0.2) is 34.1 Å². The standard InChI is InChI=1S/C20H16N4O2.C2H6/c21-11-13-4-3-5-14(10-13)18-19(24-9-8-15(12-24)20(25)26)23-17-7-2-1-6-16(17)22-18;1-2/h1-7,10,15H,8-9,12H2,(H,25,26);1-2H3. The van der Waals surface area contributed by atoms with Crippen LogP contribution in [0.25, 0.3) is 22.3 Å². The molecule has 6 heteroatoms. The molecule has 2 heterocycles. The molecule has 6 nitrogen and oxygen atoms in total. The molecule has 1 aliphatic rings. The van der Waals surface area contributed by atoms with Crippen LogP contribution in [0.4, 0.5) is 5.82 Å². The van der Waals surface area contributed by atoms with Gasteiger partial charge in [-0.1, -0.05) is 38.1 Å². The normalized spacial score (nSPS) is 15.6. The maximum Gasteiger partial charge on any atom is 0.308 e. The van der Waals surface area contributed by atoms with Crippen molar-refractivity contribution in [2.45, 2.75) is 20.3 Å². The zero-order chi connectivity index (χ0) is 20.1. The molecule has 0 amide bonds. The third-order valence-corrected chi connectivity index (χ3v) is 4.65. The number of aliphatic carboxylic acids is 1. The Labute approximate surface area is 164 Å². The van der Waals surface area contributed by atoms with E-state index in [1.807, 2.05) is 55.1 Å². The topological polar surface area (TPSA) is 90.1 Å². The third-order valence-electron chi connectivity index (χ3n) is 4.65. The second-order valence-electron chi connectivity index (χ2n) is 6.35. The van der Waals surface area contributed by atoms with Crippen LogP contribution in [0.3, 0.4) is 0 Å². The van der Waals surface area contributed by atoms with Gasteiger partial charge in [-0.3, -0.25) is 4.79 Å². The molecule has 0 saturated carbocycles. The zero-order valence-corrected chi connectivity index (χ0v) is 16.0. The Bertz CT molecular complexity index is 1040. The Morgan fingerprint density at radius 2 is 1.86 bits per heavy atom. The molecule has 4 rings (SSSR count). The minimum Gasteiger partial charge on any atom is -0.481 e. The molecule has 0 aliphatic carbocycles. The Kier molecular flexibility index (Phi) is 5.85. The van der Waals surface area contributed by atoms with Gasteiger partial charge < -0.3 is 10.0 Å². The number of benzene rings is 2. The average Bonchev–Trinajstić information content (AvgIpc) is 3.25. The summed E-state index contributed by atoms with van der Waals surface area (Å²) in [7, 11) is 0. The SMILES string of the molecule is CC.N#Cc1cccc(-c2nc3ccccc3nc2N2CCC(C(=O)O)C2)c1. The van der Waals surface area contributed by atoms with Crippen LogP contribution in [0.1, 0.15) is 25.8 Å². The Morgan fingerprint density at radius 3 is 2.50 bits per heavy atom. The lowest BCUT2D eigenvalue weighted by molar-refractivity contribution is -0.140. The molecule has 142 valence electrons. The Hall–Kier alpha value is -3.46. The van der Waals surface area contributed by atoms with Crippen LogP contribution >= 0.6 is 0 Å².